The first-order chi connectivity index (χ1) is 11.9. The highest BCUT2D eigenvalue weighted by molar-refractivity contribution is 6.41. The Morgan fingerprint density at radius 3 is 2.28 bits per heavy atom. The summed E-state index contributed by atoms with van der Waals surface area (Å²) in [5.74, 6) is 0.650. The molecule has 1 aromatic carbocycles. The third kappa shape index (κ3) is 4.15. The van der Waals surface area contributed by atoms with E-state index in [2.05, 4.69) is 10.4 Å². The van der Waals surface area contributed by atoms with Gasteiger partial charge in [0.05, 0.1) is 32.5 Å². The average Bonchev–Trinajstić information content (AvgIpc) is 2.61. The Kier molecular flexibility index (Phi) is 6.11. The topological polar surface area (TPSA) is 91.7 Å². The summed E-state index contributed by atoms with van der Waals surface area (Å²) in [4.78, 5) is 24.1. The van der Waals surface area contributed by atoms with Gasteiger partial charge >= 0.3 is 0 Å². The summed E-state index contributed by atoms with van der Waals surface area (Å²) in [7, 11) is 4.39. The molecule has 0 aliphatic rings. The number of carbonyl (C=O) groups excluding carboxylic acids is 1. The molecule has 0 aliphatic heterocycles. The van der Waals surface area contributed by atoms with Crippen molar-refractivity contribution >= 4 is 34.8 Å². The molecule has 134 valence electrons. The van der Waals surface area contributed by atoms with Gasteiger partial charge in [0.2, 0.25) is 11.7 Å². The van der Waals surface area contributed by atoms with Crippen molar-refractivity contribution < 1.29 is 19.0 Å². The predicted octanol–water partition coefficient (Wildman–Crippen LogP) is 2.21. The number of amides is 1. The van der Waals surface area contributed by atoms with Crippen LogP contribution in [0.15, 0.2) is 23.1 Å². The van der Waals surface area contributed by atoms with Crippen molar-refractivity contribution in [3.8, 4) is 17.2 Å². The third-order valence-electron chi connectivity index (χ3n) is 3.18. The second-order valence-corrected chi connectivity index (χ2v) is 5.52. The number of nitrogens with one attached hydrogen (secondary N) is 1. The first-order valence-corrected chi connectivity index (χ1v) is 7.67. The lowest BCUT2D eigenvalue weighted by molar-refractivity contribution is -0.117. The zero-order chi connectivity index (χ0) is 18.6. The maximum atomic E-state index is 12.2. The summed E-state index contributed by atoms with van der Waals surface area (Å²) in [6.07, 6.45) is 1.19. The molecular weight excluding hydrogens is 373 g/mol. The van der Waals surface area contributed by atoms with Crippen molar-refractivity contribution in [2.45, 2.75) is 6.54 Å². The number of hydrogen-bond acceptors (Lipinski definition) is 6. The molecule has 0 bridgehead atoms. The molecule has 1 heterocycles. The van der Waals surface area contributed by atoms with Crippen molar-refractivity contribution in [1.29, 1.82) is 0 Å². The summed E-state index contributed by atoms with van der Waals surface area (Å²) < 4.78 is 16.5. The fourth-order valence-electron chi connectivity index (χ4n) is 2.05. The van der Waals surface area contributed by atoms with Crippen molar-refractivity contribution in [3.05, 3.63) is 38.7 Å². The Labute approximate surface area is 153 Å². The van der Waals surface area contributed by atoms with Crippen LogP contribution in [0.25, 0.3) is 0 Å². The molecule has 1 N–H and O–H groups in total. The maximum absolute atomic E-state index is 12.2. The molecule has 1 amide bonds. The van der Waals surface area contributed by atoms with Crippen molar-refractivity contribution in [2.24, 2.45) is 0 Å². The van der Waals surface area contributed by atoms with E-state index in [1.165, 1.54) is 27.5 Å². The van der Waals surface area contributed by atoms with Crippen LogP contribution in [0.5, 0.6) is 17.2 Å². The van der Waals surface area contributed by atoms with Gasteiger partial charge in [-0.25, -0.2) is 4.68 Å². The smallest absolute Gasteiger partial charge is 0.287 e. The molecule has 0 unspecified atom stereocenters. The second kappa shape index (κ2) is 8.09. The highest BCUT2D eigenvalue weighted by Crippen LogP contribution is 2.39. The number of aromatic nitrogens is 2. The van der Waals surface area contributed by atoms with E-state index in [0.29, 0.717) is 22.9 Å². The van der Waals surface area contributed by atoms with Gasteiger partial charge in [0.25, 0.3) is 5.56 Å². The molecular formula is C15H15Cl2N3O5. The van der Waals surface area contributed by atoms with E-state index < -0.39 is 11.5 Å². The predicted molar refractivity (Wildman–Crippen MR) is 93.2 cm³/mol. The fourth-order valence-corrected chi connectivity index (χ4v) is 2.32. The Morgan fingerprint density at radius 2 is 1.76 bits per heavy atom. The standard InChI is InChI=1S/C15H15Cl2N3O5/c1-23-10-4-8(5-11(24-2)14(10)25-3)19-12(21)7-20-15(22)13(17)9(16)6-18-20/h4-6H,7H2,1-3H3,(H,19,21). The average molecular weight is 388 g/mol. The normalized spacial score (nSPS) is 10.3. The Bertz CT molecular complexity index is 829. The zero-order valence-corrected chi connectivity index (χ0v) is 15.1. The largest absolute Gasteiger partial charge is 0.493 e. The number of methoxy groups -OCH3 is 3. The summed E-state index contributed by atoms with van der Waals surface area (Å²) in [6.45, 7) is -0.341. The highest BCUT2D eigenvalue weighted by atomic mass is 35.5. The first-order valence-electron chi connectivity index (χ1n) is 6.92. The van der Waals surface area contributed by atoms with Crippen LogP contribution >= 0.6 is 23.2 Å². The van der Waals surface area contributed by atoms with Crippen LogP contribution in [0.1, 0.15) is 0 Å². The Morgan fingerprint density at radius 1 is 1.16 bits per heavy atom. The lowest BCUT2D eigenvalue weighted by Crippen LogP contribution is -2.29. The number of anilines is 1. The van der Waals surface area contributed by atoms with E-state index in [1.54, 1.807) is 12.1 Å². The number of carbonyl (C=O) groups is 1. The SMILES string of the molecule is COc1cc(NC(=O)Cn2ncc(Cl)c(Cl)c2=O)cc(OC)c1OC. The molecule has 2 aromatic rings. The minimum Gasteiger partial charge on any atom is -0.493 e. The molecule has 0 saturated carbocycles. The first kappa shape index (κ1) is 18.9. The van der Waals surface area contributed by atoms with E-state index >= 15 is 0 Å². The van der Waals surface area contributed by atoms with E-state index in [9.17, 15) is 9.59 Å². The van der Waals surface area contributed by atoms with Gasteiger partial charge in [0.1, 0.15) is 11.6 Å². The molecule has 25 heavy (non-hydrogen) atoms. The van der Waals surface area contributed by atoms with Crippen molar-refractivity contribution in [3.63, 3.8) is 0 Å². The summed E-state index contributed by atoms with van der Waals surface area (Å²) in [6, 6.07) is 3.12. The molecule has 0 aliphatic carbocycles. The minimum absolute atomic E-state index is 0.0213. The molecule has 1 aromatic heterocycles. The number of rotatable bonds is 6. The van der Waals surface area contributed by atoms with Gasteiger partial charge in [-0.1, -0.05) is 23.2 Å². The zero-order valence-electron chi connectivity index (χ0n) is 13.6. The fraction of sp³-hybridized carbons (Fsp3) is 0.267. The van der Waals surface area contributed by atoms with Gasteiger partial charge < -0.3 is 19.5 Å². The monoisotopic (exact) mass is 387 g/mol. The lowest BCUT2D eigenvalue weighted by Gasteiger charge is -2.14. The number of halogens is 2. The number of ether oxygens (including phenoxy) is 3. The molecule has 0 fully saturated rings. The minimum atomic E-state index is -0.658. The maximum Gasteiger partial charge on any atom is 0.287 e. The van der Waals surface area contributed by atoms with Crippen molar-refractivity contribution in [1.82, 2.24) is 9.78 Å². The van der Waals surface area contributed by atoms with Crippen LogP contribution in [-0.2, 0) is 11.3 Å². The molecule has 0 radical (unpaired) electrons. The summed E-state index contributed by atoms with van der Waals surface area (Å²) in [5, 5.41) is 6.22. The van der Waals surface area contributed by atoms with Crippen molar-refractivity contribution in [2.75, 3.05) is 26.6 Å². The van der Waals surface area contributed by atoms with E-state index in [1.807, 2.05) is 0 Å². The van der Waals surface area contributed by atoms with E-state index in [-0.39, 0.29) is 16.6 Å². The number of benzene rings is 1. The van der Waals surface area contributed by atoms with Crippen LogP contribution in [0.3, 0.4) is 0 Å². The molecule has 2 rings (SSSR count). The summed E-state index contributed by atoms with van der Waals surface area (Å²) >= 11 is 11.5. The van der Waals surface area contributed by atoms with E-state index in [4.69, 9.17) is 37.4 Å². The number of hydrogen-bond donors (Lipinski definition) is 1. The van der Waals surface area contributed by atoms with Gasteiger partial charge in [-0.2, -0.15) is 5.10 Å². The second-order valence-electron chi connectivity index (χ2n) is 4.73. The van der Waals surface area contributed by atoms with Crippen LogP contribution in [0.4, 0.5) is 5.69 Å². The molecule has 8 nitrogen and oxygen atoms in total. The molecule has 0 atom stereocenters. The quantitative estimate of drug-likeness (QED) is 0.816. The summed E-state index contributed by atoms with van der Waals surface area (Å²) in [5.41, 5.74) is -0.262. The van der Waals surface area contributed by atoms with Gasteiger partial charge in [0, 0.05) is 17.8 Å². The van der Waals surface area contributed by atoms with Crippen LogP contribution in [0, 0.1) is 0 Å². The molecule has 10 heteroatoms. The molecule has 0 saturated heterocycles. The van der Waals surface area contributed by atoms with Gasteiger partial charge in [-0.15, -0.1) is 0 Å². The number of nitrogens with zero attached hydrogens (tertiary/aromatic N) is 2. The van der Waals surface area contributed by atoms with Crippen LogP contribution in [0.2, 0.25) is 10.0 Å². The van der Waals surface area contributed by atoms with Crippen LogP contribution in [-0.4, -0.2) is 37.0 Å². The van der Waals surface area contributed by atoms with Gasteiger partial charge in [0.15, 0.2) is 11.5 Å². The van der Waals surface area contributed by atoms with Crippen LogP contribution < -0.4 is 25.1 Å². The lowest BCUT2D eigenvalue weighted by atomic mass is 10.2. The molecule has 0 spiro atoms. The van der Waals surface area contributed by atoms with E-state index in [0.717, 1.165) is 4.68 Å². The Balaban J connectivity index is 2.24. The van der Waals surface area contributed by atoms with Gasteiger partial charge in [-0.3, -0.25) is 9.59 Å². The highest BCUT2D eigenvalue weighted by Gasteiger charge is 2.16. The van der Waals surface area contributed by atoms with Gasteiger partial charge in [-0.05, 0) is 0 Å². The third-order valence-corrected chi connectivity index (χ3v) is 3.93. The Hall–Kier alpha value is -2.45.